The average Bonchev–Trinajstić information content (AvgIpc) is 3.26. The smallest absolute Gasteiger partial charge is 0.485 e. The number of rotatable bonds is 6. The lowest BCUT2D eigenvalue weighted by Crippen LogP contribution is -2.45. The predicted molar refractivity (Wildman–Crippen MR) is 77.1 cm³/mol. The average molecular weight is 367 g/mol. The molecule has 8 nitrogen and oxygen atoms in total. The molecule has 0 aliphatic carbocycles. The van der Waals surface area contributed by atoms with E-state index in [4.69, 9.17) is 18.5 Å². The highest BCUT2D eigenvalue weighted by Gasteiger charge is 2.40. The van der Waals surface area contributed by atoms with Crippen LogP contribution in [0.25, 0.3) is 10.4 Å². The highest BCUT2D eigenvalue weighted by molar-refractivity contribution is 7.86. The summed E-state index contributed by atoms with van der Waals surface area (Å²) in [6.45, 7) is 1.76. The lowest BCUT2D eigenvalue weighted by Gasteiger charge is -2.08. The molecule has 0 spiro atoms. The molecular formula is C12H16F3N5O3S. The minimum atomic E-state index is -6.09. The summed E-state index contributed by atoms with van der Waals surface area (Å²) in [5.74, 6) is 0. The maximum atomic E-state index is 10.7. The van der Waals surface area contributed by atoms with Gasteiger partial charge < -0.3 is 4.55 Å². The third-order valence-corrected chi connectivity index (χ3v) is 3.64. The van der Waals surface area contributed by atoms with Gasteiger partial charge in [0.05, 0.1) is 6.54 Å². The number of alkyl halides is 3. The Morgan fingerprint density at radius 3 is 2.38 bits per heavy atom. The van der Waals surface area contributed by atoms with Gasteiger partial charge in [0.2, 0.25) is 0 Å². The van der Waals surface area contributed by atoms with Crippen molar-refractivity contribution >= 4 is 10.1 Å². The molecule has 1 saturated heterocycles. The third kappa shape index (κ3) is 7.02. The van der Waals surface area contributed by atoms with Crippen LogP contribution in [0.15, 0.2) is 35.7 Å². The van der Waals surface area contributed by atoms with Crippen LogP contribution < -0.4 is 9.69 Å². The minimum Gasteiger partial charge on any atom is -0.741 e. The van der Waals surface area contributed by atoms with Crippen LogP contribution in [0.4, 0.5) is 13.2 Å². The van der Waals surface area contributed by atoms with Crippen molar-refractivity contribution in [2.45, 2.75) is 30.8 Å². The van der Waals surface area contributed by atoms with E-state index in [0.29, 0.717) is 12.6 Å². The maximum absolute atomic E-state index is 10.7. The molecule has 0 N–H and O–H groups in total. The minimum absolute atomic E-state index is 0.627. The first kappa shape index (κ1) is 20.0. The summed E-state index contributed by atoms with van der Waals surface area (Å²) in [6.07, 6.45) is 7.45. The van der Waals surface area contributed by atoms with E-state index < -0.39 is 15.6 Å². The SMILES string of the molecule is O=S(=O)([O-])C(F)(F)F.[N-]=[N+]=NCCCCC1CN1[n+]1ccccc1. The first-order chi connectivity index (χ1) is 11.2. The number of unbranched alkanes of at least 4 members (excludes halogenated alkanes) is 1. The van der Waals surface area contributed by atoms with E-state index in [-0.39, 0.29) is 0 Å². The van der Waals surface area contributed by atoms with Crippen molar-refractivity contribution in [2.75, 3.05) is 18.1 Å². The third-order valence-electron chi connectivity index (χ3n) is 3.07. The second kappa shape index (κ2) is 8.71. The number of hydrogen-bond donors (Lipinski definition) is 0. The molecule has 1 aromatic heterocycles. The van der Waals surface area contributed by atoms with Gasteiger partial charge in [0.1, 0.15) is 6.04 Å². The fraction of sp³-hybridized carbons (Fsp3) is 0.583. The number of azide groups is 1. The highest BCUT2D eigenvalue weighted by Crippen LogP contribution is 2.20. The first-order valence-electron chi connectivity index (χ1n) is 6.93. The molecular weight excluding hydrogens is 351 g/mol. The molecule has 1 aliphatic rings. The van der Waals surface area contributed by atoms with Crippen LogP contribution in [0.1, 0.15) is 19.3 Å². The van der Waals surface area contributed by atoms with Gasteiger partial charge in [-0.15, -0.1) is 0 Å². The second-order valence-corrected chi connectivity index (χ2v) is 6.25. The fourth-order valence-electron chi connectivity index (χ4n) is 1.86. The summed E-state index contributed by atoms with van der Waals surface area (Å²) in [5, 5.41) is 5.85. The molecule has 1 aliphatic heterocycles. The van der Waals surface area contributed by atoms with Gasteiger partial charge in [-0.1, -0.05) is 22.3 Å². The molecule has 134 valence electrons. The fourth-order valence-corrected chi connectivity index (χ4v) is 1.86. The second-order valence-electron chi connectivity index (χ2n) is 4.88. The first-order valence-corrected chi connectivity index (χ1v) is 8.34. The number of hydrogen-bond acceptors (Lipinski definition) is 5. The Morgan fingerprint density at radius 2 is 1.88 bits per heavy atom. The largest absolute Gasteiger partial charge is 0.741 e. The van der Waals surface area contributed by atoms with Crippen LogP contribution in [0.5, 0.6) is 0 Å². The van der Waals surface area contributed by atoms with Gasteiger partial charge in [-0.2, -0.15) is 18.2 Å². The van der Waals surface area contributed by atoms with Crippen LogP contribution in [0.2, 0.25) is 0 Å². The lowest BCUT2D eigenvalue weighted by atomic mass is 10.2. The number of aromatic nitrogens is 1. The van der Waals surface area contributed by atoms with Gasteiger partial charge >= 0.3 is 5.51 Å². The van der Waals surface area contributed by atoms with Crippen LogP contribution in [-0.4, -0.2) is 37.6 Å². The summed E-state index contributed by atoms with van der Waals surface area (Å²) < 4.78 is 61.0. The van der Waals surface area contributed by atoms with Crippen molar-refractivity contribution in [1.29, 1.82) is 0 Å². The van der Waals surface area contributed by atoms with Gasteiger partial charge in [0.15, 0.2) is 22.5 Å². The predicted octanol–water partition coefficient (Wildman–Crippen LogP) is 1.83. The van der Waals surface area contributed by atoms with E-state index in [0.717, 1.165) is 19.4 Å². The molecule has 1 fully saturated rings. The Kier molecular flexibility index (Phi) is 7.26. The van der Waals surface area contributed by atoms with Gasteiger partial charge in [0.25, 0.3) is 0 Å². The molecule has 24 heavy (non-hydrogen) atoms. The number of pyridine rings is 1. The highest BCUT2D eigenvalue weighted by atomic mass is 32.2. The molecule has 1 aromatic rings. The molecule has 1 unspecified atom stereocenters. The van der Waals surface area contributed by atoms with E-state index in [1.165, 1.54) is 6.42 Å². The Balaban J connectivity index is 0.000000307. The Hall–Kier alpha value is -2.04. The Bertz CT molecular complexity index is 662. The number of halogens is 3. The monoisotopic (exact) mass is 367 g/mol. The van der Waals surface area contributed by atoms with Crippen LogP contribution in [0.3, 0.4) is 0 Å². The zero-order valence-corrected chi connectivity index (χ0v) is 13.3. The summed E-state index contributed by atoms with van der Waals surface area (Å²) in [5.41, 5.74) is 2.48. The van der Waals surface area contributed by atoms with Crippen molar-refractivity contribution in [3.05, 3.63) is 41.0 Å². The molecule has 2 rings (SSSR count). The van der Waals surface area contributed by atoms with E-state index in [1.54, 1.807) is 0 Å². The normalized spacial score (nSPS) is 16.7. The molecule has 2 heterocycles. The zero-order chi connectivity index (χ0) is 18.2. The standard InChI is InChI=1S/C11H16N5.CHF3O3S/c12-14-13-7-3-2-6-11-10-16(11)15-8-4-1-5-9-15;2-1(3,4)8(5,6)7/h1,4-5,8-9,11H,2-3,6-7,10H2;(H,5,6,7)/q+1;/p-1. The molecule has 0 amide bonds. The summed E-state index contributed by atoms with van der Waals surface area (Å²) in [4.78, 5) is 2.74. The van der Waals surface area contributed by atoms with Crippen molar-refractivity contribution in [3.8, 4) is 0 Å². The maximum Gasteiger partial charge on any atom is 0.485 e. The lowest BCUT2D eigenvalue weighted by molar-refractivity contribution is -0.677. The molecule has 1 atom stereocenters. The molecule has 0 saturated carbocycles. The van der Waals surface area contributed by atoms with Crippen molar-refractivity contribution in [3.63, 3.8) is 0 Å². The molecule has 0 aromatic carbocycles. The summed E-state index contributed by atoms with van der Waals surface area (Å²) in [7, 11) is -6.09. The number of nitrogens with zero attached hydrogens (tertiary/aromatic N) is 5. The van der Waals surface area contributed by atoms with E-state index >= 15 is 0 Å². The summed E-state index contributed by atoms with van der Waals surface area (Å²) >= 11 is 0. The topological polar surface area (TPSA) is 113 Å². The van der Waals surface area contributed by atoms with Crippen molar-refractivity contribution in [1.82, 2.24) is 0 Å². The van der Waals surface area contributed by atoms with Crippen molar-refractivity contribution < 1.29 is 30.8 Å². The Labute approximate surface area is 136 Å². The van der Waals surface area contributed by atoms with Gasteiger partial charge in [0, 0.05) is 23.6 Å². The molecule has 0 radical (unpaired) electrons. The van der Waals surface area contributed by atoms with Gasteiger partial charge in [-0.25, -0.2) is 8.42 Å². The van der Waals surface area contributed by atoms with Crippen LogP contribution in [0, 0.1) is 0 Å². The zero-order valence-electron chi connectivity index (χ0n) is 12.5. The Morgan fingerprint density at radius 1 is 1.29 bits per heavy atom. The van der Waals surface area contributed by atoms with Crippen LogP contribution in [-0.2, 0) is 10.1 Å². The molecule has 0 bridgehead atoms. The van der Waals surface area contributed by atoms with Gasteiger partial charge in [-0.05, 0) is 18.4 Å². The van der Waals surface area contributed by atoms with Crippen LogP contribution >= 0.6 is 0 Å². The van der Waals surface area contributed by atoms with Gasteiger partial charge in [-0.3, -0.25) is 0 Å². The summed E-state index contributed by atoms with van der Waals surface area (Å²) in [6, 6.07) is 6.77. The van der Waals surface area contributed by atoms with E-state index in [1.807, 2.05) is 18.2 Å². The van der Waals surface area contributed by atoms with E-state index in [9.17, 15) is 13.2 Å². The quantitative estimate of drug-likeness (QED) is 0.112. The molecule has 12 heteroatoms. The van der Waals surface area contributed by atoms with Crippen molar-refractivity contribution in [2.24, 2.45) is 5.11 Å². The van der Waals surface area contributed by atoms with E-state index in [2.05, 4.69) is 32.1 Å².